The molecule has 0 bridgehead atoms. The minimum Gasteiger partial charge on any atom is -0.398 e. The van der Waals surface area contributed by atoms with E-state index in [2.05, 4.69) is 4.72 Å². The highest BCUT2D eigenvalue weighted by Crippen LogP contribution is 2.24. The zero-order chi connectivity index (χ0) is 14.7. The second-order valence-corrected chi connectivity index (χ2v) is 6.37. The highest BCUT2D eigenvalue weighted by Gasteiger charge is 2.32. The number of sulfonamides is 1. The lowest BCUT2D eigenvalue weighted by Crippen LogP contribution is -2.50. The van der Waals surface area contributed by atoms with E-state index in [-0.39, 0.29) is 11.5 Å². The summed E-state index contributed by atoms with van der Waals surface area (Å²) in [6.07, 6.45) is 1.03. The maximum atomic E-state index is 12.4. The highest BCUT2D eigenvalue weighted by molar-refractivity contribution is 7.89. The first-order valence-electron chi connectivity index (χ1n) is 6.32. The van der Waals surface area contributed by atoms with E-state index in [1.54, 1.807) is 19.1 Å². The molecule has 5 nitrogen and oxygen atoms in total. The zero-order valence-corrected chi connectivity index (χ0v) is 12.4. The number of nitrogens with two attached hydrogens (primary N) is 1. The van der Waals surface area contributed by atoms with Crippen molar-refractivity contribution in [1.29, 1.82) is 0 Å². The zero-order valence-electron chi connectivity index (χ0n) is 11.6. The second kappa shape index (κ2) is 5.90. The van der Waals surface area contributed by atoms with Gasteiger partial charge < -0.3 is 10.8 Å². The van der Waals surface area contributed by atoms with Crippen LogP contribution in [0.4, 0.5) is 5.69 Å². The average Bonchev–Trinajstić information content (AvgIpc) is 2.39. The van der Waals surface area contributed by atoms with E-state index >= 15 is 0 Å². The van der Waals surface area contributed by atoms with Gasteiger partial charge >= 0.3 is 0 Å². The van der Waals surface area contributed by atoms with Gasteiger partial charge in [-0.25, -0.2) is 13.1 Å². The summed E-state index contributed by atoms with van der Waals surface area (Å²) in [5.74, 6) is 0. The van der Waals surface area contributed by atoms with Crippen molar-refractivity contribution in [2.75, 3.05) is 12.3 Å². The van der Waals surface area contributed by atoms with E-state index in [0.29, 0.717) is 24.1 Å². The predicted octanol–water partition coefficient (Wildman–Crippen LogP) is 1.41. The third-order valence-corrected chi connectivity index (χ3v) is 5.35. The number of anilines is 1. The van der Waals surface area contributed by atoms with Crippen LogP contribution in [0.15, 0.2) is 23.1 Å². The molecule has 0 heterocycles. The summed E-state index contributed by atoms with van der Waals surface area (Å²) in [6.45, 7) is 5.12. The first-order valence-corrected chi connectivity index (χ1v) is 7.80. The molecule has 1 aromatic carbocycles. The van der Waals surface area contributed by atoms with Crippen LogP contribution in [0, 0.1) is 6.92 Å². The van der Waals surface area contributed by atoms with Crippen LogP contribution < -0.4 is 10.5 Å². The van der Waals surface area contributed by atoms with Gasteiger partial charge in [0.05, 0.1) is 17.0 Å². The van der Waals surface area contributed by atoms with Crippen LogP contribution in [0.1, 0.15) is 32.3 Å². The van der Waals surface area contributed by atoms with Crippen LogP contribution in [-0.2, 0) is 10.0 Å². The molecule has 6 heteroatoms. The molecule has 0 aliphatic heterocycles. The highest BCUT2D eigenvalue weighted by atomic mass is 32.2. The Labute approximate surface area is 114 Å². The molecule has 0 fully saturated rings. The summed E-state index contributed by atoms with van der Waals surface area (Å²) in [5, 5.41) is 9.46. The predicted molar refractivity (Wildman–Crippen MR) is 76.3 cm³/mol. The number of aliphatic hydroxyl groups excluding tert-OH is 1. The third-order valence-electron chi connectivity index (χ3n) is 3.62. The van der Waals surface area contributed by atoms with Gasteiger partial charge in [0.15, 0.2) is 0 Å². The molecule has 0 aromatic heterocycles. The minimum atomic E-state index is -3.70. The van der Waals surface area contributed by atoms with Gasteiger partial charge in [0.2, 0.25) is 10.0 Å². The lowest BCUT2D eigenvalue weighted by molar-refractivity contribution is 0.172. The lowest BCUT2D eigenvalue weighted by atomic mass is 9.96. The van der Waals surface area contributed by atoms with E-state index in [9.17, 15) is 13.5 Å². The van der Waals surface area contributed by atoms with E-state index in [1.165, 1.54) is 6.07 Å². The Bertz CT molecular complexity index is 529. The van der Waals surface area contributed by atoms with Crippen LogP contribution in [0.3, 0.4) is 0 Å². The van der Waals surface area contributed by atoms with Crippen molar-refractivity contribution in [3.8, 4) is 0 Å². The Morgan fingerprint density at radius 1 is 1.32 bits per heavy atom. The number of rotatable bonds is 6. The summed E-state index contributed by atoms with van der Waals surface area (Å²) >= 11 is 0. The molecular weight excluding hydrogens is 264 g/mol. The molecule has 0 amide bonds. The van der Waals surface area contributed by atoms with Gasteiger partial charge in [0.25, 0.3) is 0 Å². The molecule has 108 valence electrons. The van der Waals surface area contributed by atoms with E-state index in [0.717, 1.165) is 0 Å². The smallest absolute Gasteiger partial charge is 0.241 e. The number of hydrogen-bond donors (Lipinski definition) is 3. The van der Waals surface area contributed by atoms with Gasteiger partial charge in [-0.1, -0.05) is 19.9 Å². The van der Waals surface area contributed by atoms with Crippen molar-refractivity contribution < 1.29 is 13.5 Å². The van der Waals surface area contributed by atoms with Crippen LogP contribution in [0.25, 0.3) is 0 Å². The van der Waals surface area contributed by atoms with Crippen molar-refractivity contribution in [2.45, 2.75) is 44.0 Å². The van der Waals surface area contributed by atoms with Gasteiger partial charge in [0.1, 0.15) is 0 Å². The molecule has 0 aliphatic carbocycles. The summed E-state index contributed by atoms with van der Waals surface area (Å²) in [6, 6.07) is 4.78. The molecule has 1 rings (SSSR count). The number of nitrogen functional groups attached to an aromatic ring is 1. The van der Waals surface area contributed by atoms with Gasteiger partial charge in [-0.2, -0.15) is 0 Å². The molecular formula is C13H22N2O3S. The Kier molecular flexibility index (Phi) is 4.95. The second-order valence-electron chi connectivity index (χ2n) is 4.72. The van der Waals surface area contributed by atoms with Gasteiger partial charge in [-0.3, -0.25) is 0 Å². The molecule has 19 heavy (non-hydrogen) atoms. The minimum absolute atomic E-state index is 0.159. The summed E-state index contributed by atoms with van der Waals surface area (Å²) in [5.41, 5.74) is 5.87. The van der Waals surface area contributed by atoms with E-state index in [1.807, 2.05) is 13.8 Å². The Hall–Kier alpha value is -1.11. The van der Waals surface area contributed by atoms with Crippen molar-refractivity contribution in [3.63, 3.8) is 0 Å². The topological polar surface area (TPSA) is 92.4 Å². The standard InChI is InChI=1S/C13H22N2O3S/c1-4-13(5-2,9-16)15-19(17,18)12-8-6-7-11(14)10(12)3/h6-8,15-16H,4-5,9,14H2,1-3H3. The maximum Gasteiger partial charge on any atom is 0.241 e. The number of aliphatic hydroxyl groups is 1. The van der Waals surface area contributed by atoms with Gasteiger partial charge in [0, 0.05) is 5.69 Å². The molecule has 0 unspecified atom stereocenters. The number of hydrogen-bond acceptors (Lipinski definition) is 4. The molecule has 0 spiro atoms. The molecule has 0 aliphatic rings. The molecule has 0 atom stereocenters. The lowest BCUT2D eigenvalue weighted by Gasteiger charge is -2.30. The van der Waals surface area contributed by atoms with E-state index in [4.69, 9.17) is 5.73 Å². The van der Waals surface area contributed by atoms with Crippen LogP contribution in [-0.4, -0.2) is 25.7 Å². The Balaban J connectivity index is 3.22. The summed E-state index contributed by atoms with van der Waals surface area (Å²) in [4.78, 5) is 0.159. The fourth-order valence-corrected chi connectivity index (χ4v) is 3.72. The fourth-order valence-electron chi connectivity index (χ4n) is 1.91. The number of nitrogens with one attached hydrogen (secondary N) is 1. The molecule has 0 radical (unpaired) electrons. The maximum absolute atomic E-state index is 12.4. The fraction of sp³-hybridized carbons (Fsp3) is 0.538. The van der Waals surface area contributed by atoms with Gasteiger partial charge in [-0.15, -0.1) is 0 Å². The quantitative estimate of drug-likeness (QED) is 0.689. The first kappa shape index (κ1) is 15.9. The third kappa shape index (κ3) is 3.26. The first-order chi connectivity index (χ1) is 8.82. The summed E-state index contributed by atoms with van der Waals surface area (Å²) in [7, 11) is -3.70. The average molecular weight is 286 g/mol. The SMILES string of the molecule is CCC(CC)(CO)NS(=O)(=O)c1cccc(N)c1C. The Morgan fingerprint density at radius 2 is 1.89 bits per heavy atom. The van der Waals surface area contributed by atoms with Crippen LogP contribution in [0.5, 0.6) is 0 Å². The largest absolute Gasteiger partial charge is 0.398 e. The van der Waals surface area contributed by atoms with Crippen molar-refractivity contribution in [2.24, 2.45) is 0 Å². The number of benzene rings is 1. The Morgan fingerprint density at radius 3 is 2.37 bits per heavy atom. The van der Waals surface area contributed by atoms with Crippen molar-refractivity contribution in [3.05, 3.63) is 23.8 Å². The van der Waals surface area contributed by atoms with Gasteiger partial charge in [-0.05, 0) is 37.5 Å². The van der Waals surface area contributed by atoms with Crippen molar-refractivity contribution >= 4 is 15.7 Å². The molecule has 0 saturated carbocycles. The molecule has 1 aromatic rings. The van der Waals surface area contributed by atoms with Crippen molar-refractivity contribution in [1.82, 2.24) is 4.72 Å². The van der Waals surface area contributed by atoms with Crippen LogP contribution >= 0.6 is 0 Å². The molecule has 0 saturated heterocycles. The monoisotopic (exact) mass is 286 g/mol. The van der Waals surface area contributed by atoms with E-state index < -0.39 is 15.6 Å². The van der Waals surface area contributed by atoms with Crippen LogP contribution in [0.2, 0.25) is 0 Å². The molecule has 4 N–H and O–H groups in total. The normalized spacial score (nSPS) is 12.6. The summed E-state index contributed by atoms with van der Waals surface area (Å²) < 4.78 is 27.4.